The molecule has 2 aromatic rings. The third-order valence-electron chi connectivity index (χ3n) is 4.33. The first-order valence-corrected chi connectivity index (χ1v) is 8.97. The molecule has 0 amide bonds. The fourth-order valence-corrected chi connectivity index (χ4v) is 4.65. The lowest BCUT2D eigenvalue weighted by molar-refractivity contribution is -0.143. The molecule has 2 unspecified atom stereocenters. The number of benzene rings is 1. The highest BCUT2D eigenvalue weighted by Crippen LogP contribution is 2.29. The van der Waals surface area contributed by atoms with Gasteiger partial charge in [0.05, 0.1) is 28.0 Å². The van der Waals surface area contributed by atoms with Gasteiger partial charge < -0.3 is 10.1 Å². The lowest BCUT2D eigenvalue weighted by atomic mass is 9.96. The third kappa shape index (κ3) is 2.92. The predicted molar refractivity (Wildman–Crippen MR) is 86.1 cm³/mol. The number of carboxylic acids is 1. The van der Waals surface area contributed by atoms with Crippen molar-refractivity contribution < 1.29 is 18.3 Å². The second kappa shape index (κ2) is 5.99. The standard InChI is InChI=1S/C15H17N3O5S/c1-9-2-3-10(15(20)21)8-18(9)24(22,23)11-4-5-12-13(6-11)16-7-14(19)17-12/h4-7,9-10H,2-3,8H2,1H3,(H,17,19)(H,20,21). The SMILES string of the molecule is CC1CCC(C(=O)O)CN1S(=O)(=O)c1ccc2[nH]c(=O)cnc2c1. The highest BCUT2D eigenvalue weighted by Gasteiger charge is 2.37. The lowest BCUT2D eigenvalue weighted by Crippen LogP contribution is -2.47. The van der Waals surface area contributed by atoms with Crippen molar-refractivity contribution in [2.75, 3.05) is 6.54 Å². The Hall–Kier alpha value is -2.26. The van der Waals surface area contributed by atoms with E-state index in [0.717, 1.165) is 6.20 Å². The molecular formula is C15H17N3O5S. The lowest BCUT2D eigenvalue weighted by Gasteiger charge is -2.35. The molecule has 0 spiro atoms. The van der Waals surface area contributed by atoms with Gasteiger partial charge in [-0.2, -0.15) is 4.31 Å². The van der Waals surface area contributed by atoms with Crippen molar-refractivity contribution in [2.24, 2.45) is 5.92 Å². The summed E-state index contributed by atoms with van der Waals surface area (Å²) in [7, 11) is -3.84. The zero-order valence-electron chi connectivity index (χ0n) is 13.0. The fourth-order valence-electron chi connectivity index (χ4n) is 2.92. The van der Waals surface area contributed by atoms with Crippen LogP contribution in [0.2, 0.25) is 0 Å². The topological polar surface area (TPSA) is 120 Å². The van der Waals surface area contributed by atoms with Gasteiger partial charge in [-0.05, 0) is 38.0 Å². The van der Waals surface area contributed by atoms with Crippen LogP contribution < -0.4 is 5.56 Å². The Morgan fingerprint density at radius 2 is 2.12 bits per heavy atom. The van der Waals surface area contributed by atoms with Crippen LogP contribution in [-0.4, -0.2) is 46.4 Å². The maximum atomic E-state index is 12.9. The van der Waals surface area contributed by atoms with E-state index in [1.54, 1.807) is 6.92 Å². The van der Waals surface area contributed by atoms with Crippen molar-refractivity contribution in [3.63, 3.8) is 0 Å². The van der Waals surface area contributed by atoms with Crippen LogP contribution in [0.25, 0.3) is 11.0 Å². The van der Waals surface area contributed by atoms with Crippen LogP contribution in [0.15, 0.2) is 34.1 Å². The van der Waals surface area contributed by atoms with Gasteiger partial charge in [-0.3, -0.25) is 9.59 Å². The van der Waals surface area contributed by atoms with Crippen LogP contribution in [-0.2, 0) is 14.8 Å². The number of sulfonamides is 1. The van der Waals surface area contributed by atoms with Crippen molar-refractivity contribution in [3.05, 3.63) is 34.7 Å². The third-order valence-corrected chi connectivity index (χ3v) is 6.30. The summed E-state index contributed by atoms with van der Waals surface area (Å²) in [4.78, 5) is 29.0. The molecule has 2 N–H and O–H groups in total. The van der Waals surface area contributed by atoms with Crippen molar-refractivity contribution in [3.8, 4) is 0 Å². The smallest absolute Gasteiger partial charge is 0.307 e. The minimum Gasteiger partial charge on any atom is -0.481 e. The number of rotatable bonds is 3. The molecule has 0 aliphatic carbocycles. The Balaban J connectivity index is 2.01. The molecule has 0 bridgehead atoms. The molecule has 1 saturated heterocycles. The van der Waals surface area contributed by atoms with Gasteiger partial charge in [0, 0.05) is 12.6 Å². The Bertz CT molecular complexity index is 953. The van der Waals surface area contributed by atoms with Gasteiger partial charge in [-0.15, -0.1) is 0 Å². The number of nitrogens with zero attached hydrogens (tertiary/aromatic N) is 2. The Morgan fingerprint density at radius 3 is 2.83 bits per heavy atom. The van der Waals surface area contributed by atoms with E-state index in [4.69, 9.17) is 0 Å². The first kappa shape index (κ1) is 16.6. The Labute approximate surface area is 138 Å². The van der Waals surface area contributed by atoms with E-state index in [1.807, 2.05) is 0 Å². The van der Waals surface area contributed by atoms with Crippen LogP contribution in [0, 0.1) is 5.92 Å². The van der Waals surface area contributed by atoms with Crippen LogP contribution in [0.1, 0.15) is 19.8 Å². The minimum atomic E-state index is -3.84. The molecule has 1 aromatic heterocycles. The molecule has 0 radical (unpaired) electrons. The average molecular weight is 351 g/mol. The molecule has 2 atom stereocenters. The average Bonchev–Trinajstić information content (AvgIpc) is 2.54. The van der Waals surface area contributed by atoms with Crippen LogP contribution in [0.5, 0.6) is 0 Å². The van der Waals surface area contributed by atoms with Gasteiger partial charge in [0.15, 0.2) is 0 Å². The number of aliphatic carboxylic acids is 1. The van der Waals surface area contributed by atoms with Gasteiger partial charge in [0.1, 0.15) is 0 Å². The monoisotopic (exact) mass is 351 g/mol. The number of hydrogen-bond donors (Lipinski definition) is 2. The van der Waals surface area contributed by atoms with E-state index in [1.165, 1.54) is 22.5 Å². The summed E-state index contributed by atoms with van der Waals surface area (Å²) in [5, 5.41) is 9.18. The largest absolute Gasteiger partial charge is 0.481 e. The van der Waals surface area contributed by atoms with E-state index in [2.05, 4.69) is 9.97 Å². The number of carbonyl (C=O) groups is 1. The Morgan fingerprint density at radius 1 is 1.38 bits per heavy atom. The van der Waals surface area contributed by atoms with Gasteiger partial charge in [-0.1, -0.05) is 0 Å². The summed E-state index contributed by atoms with van der Waals surface area (Å²) < 4.78 is 27.1. The second-order valence-electron chi connectivity index (χ2n) is 5.96. The normalized spacial score (nSPS) is 22.5. The highest BCUT2D eigenvalue weighted by molar-refractivity contribution is 7.89. The second-order valence-corrected chi connectivity index (χ2v) is 7.85. The summed E-state index contributed by atoms with van der Waals surface area (Å²) in [5.41, 5.74) is 0.429. The fraction of sp³-hybridized carbons (Fsp3) is 0.400. The van der Waals surface area contributed by atoms with Crippen molar-refractivity contribution in [2.45, 2.75) is 30.7 Å². The molecule has 0 saturated carbocycles. The zero-order chi connectivity index (χ0) is 17.5. The minimum absolute atomic E-state index is 0.0347. The first-order valence-electron chi connectivity index (χ1n) is 7.53. The van der Waals surface area contributed by atoms with Gasteiger partial charge >= 0.3 is 5.97 Å². The number of hydrogen-bond acceptors (Lipinski definition) is 5. The van der Waals surface area contributed by atoms with Crippen molar-refractivity contribution >= 4 is 27.0 Å². The molecular weight excluding hydrogens is 334 g/mol. The summed E-state index contributed by atoms with van der Waals surface area (Å²) in [6.07, 6.45) is 2.04. The van der Waals surface area contributed by atoms with Crippen molar-refractivity contribution in [1.82, 2.24) is 14.3 Å². The van der Waals surface area contributed by atoms with E-state index >= 15 is 0 Å². The maximum Gasteiger partial charge on any atom is 0.307 e. The predicted octanol–water partition coefficient (Wildman–Crippen LogP) is 0.797. The van der Waals surface area contributed by atoms with E-state index in [9.17, 15) is 23.1 Å². The van der Waals surface area contributed by atoms with Crippen LogP contribution >= 0.6 is 0 Å². The molecule has 1 aromatic carbocycles. The van der Waals surface area contributed by atoms with E-state index in [0.29, 0.717) is 23.9 Å². The summed E-state index contributed by atoms with van der Waals surface area (Å²) >= 11 is 0. The molecule has 1 fully saturated rings. The van der Waals surface area contributed by atoms with E-state index < -0.39 is 21.9 Å². The molecule has 1 aliphatic rings. The number of aromatic amines is 1. The molecule has 128 valence electrons. The molecule has 3 rings (SSSR count). The summed E-state index contributed by atoms with van der Waals surface area (Å²) in [5.74, 6) is -1.69. The van der Waals surface area contributed by atoms with Crippen LogP contribution in [0.3, 0.4) is 0 Å². The molecule has 9 heteroatoms. The first-order chi connectivity index (χ1) is 11.3. The number of aromatic nitrogens is 2. The quantitative estimate of drug-likeness (QED) is 0.844. The van der Waals surface area contributed by atoms with E-state index in [-0.39, 0.29) is 23.0 Å². The molecule has 2 heterocycles. The van der Waals surface area contributed by atoms with Gasteiger partial charge in [-0.25, -0.2) is 13.4 Å². The zero-order valence-corrected chi connectivity index (χ0v) is 13.8. The summed E-state index contributed by atoms with van der Waals surface area (Å²) in [6, 6.07) is 3.99. The van der Waals surface area contributed by atoms with Gasteiger partial charge in [0.25, 0.3) is 5.56 Å². The number of H-pyrrole nitrogens is 1. The van der Waals surface area contributed by atoms with Crippen molar-refractivity contribution in [1.29, 1.82) is 0 Å². The maximum absolute atomic E-state index is 12.9. The number of fused-ring (bicyclic) bond motifs is 1. The summed E-state index contributed by atoms with van der Waals surface area (Å²) in [6.45, 7) is 1.72. The number of nitrogens with one attached hydrogen (secondary N) is 1. The molecule has 24 heavy (non-hydrogen) atoms. The Kier molecular flexibility index (Phi) is 4.14. The molecule has 8 nitrogen and oxygen atoms in total. The number of piperidine rings is 1. The van der Waals surface area contributed by atoms with Crippen LogP contribution in [0.4, 0.5) is 0 Å². The number of carboxylic acid groups (broad SMARTS) is 1. The highest BCUT2D eigenvalue weighted by atomic mass is 32.2. The van der Waals surface area contributed by atoms with Gasteiger partial charge in [0.2, 0.25) is 10.0 Å². The molecule has 1 aliphatic heterocycles.